The van der Waals surface area contributed by atoms with Crippen LogP contribution >= 0.6 is 0 Å². The van der Waals surface area contributed by atoms with Crippen molar-refractivity contribution >= 4 is 15.9 Å². The van der Waals surface area contributed by atoms with E-state index in [-0.39, 0.29) is 11.9 Å². The van der Waals surface area contributed by atoms with Gasteiger partial charge in [-0.2, -0.15) is 4.31 Å². The molecule has 1 heterocycles. The van der Waals surface area contributed by atoms with E-state index in [1.807, 2.05) is 51.1 Å². The summed E-state index contributed by atoms with van der Waals surface area (Å²) in [5, 5.41) is 2.89. The average Bonchev–Trinajstić information content (AvgIpc) is 3.08. The molecule has 1 aliphatic rings. The fourth-order valence-electron chi connectivity index (χ4n) is 3.92. The van der Waals surface area contributed by atoms with Gasteiger partial charge in [-0.15, -0.1) is 0 Å². The molecule has 1 aliphatic heterocycles. The summed E-state index contributed by atoms with van der Waals surface area (Å²) in [4.78, 5) is 12.7. The molecule has 0 unspecified atom stereocenters. The molecule has 27 heavy (non-hydrogen) atoms. The lowest BCUT2D eigenvalue weighted by molar-refractivity contribution is 0.0946. The Morgan fingerprint density at radius 2 is 1.74 bits per heavy atom. The monoisotopic (exact) mass is 386 g/mol. The Labute approximate surface area is 161 Å². The van der Waals surface area contributed by atoms with Gasteiger partial charge in [-0.1, -0.05) is 35.9 Å². The van der Waals surface area contributed by atoms with Crippen LogP contribution in [0.4, 0.5) is 0 Å². The Balaban J connectivity index is 1.79. The molecule has 0 spiro atoms. The first-order valence-corrected chi connectivity index (χ1v) is 10.7. The number of nitrogens with zero attached hydrogens (tertiary/aromatic N) is 1. The molecule has 5 nitrogen and oxygen atoms in total. The summed E-state index contributed by atoms with van der Waals surface area (Å²) in [5.41, 5.74) is 3.17. The van der Waals surface area contributed by atoms with Gasteiger partial charge in [0.25, 0.3) is 5.91 Å². The fraction of sp³-hybridized carbons (Fsp3) is 0.381. The Kier molecular flexibility index (Phi) is 5.67. The second-order valence-corrected chi connectivity index (χ2v) is 9.04. The van der Waals surface area contributed by atoms with E-state index in [1.54, 1.807) is 16.4 Å². The maximum absolute atomic E-state index is 13.3. The molecule has 1 atom stereocenters. The summed E-state index contributed by atoms with van der Waals surface area (Å²) in [6.07, 6.45) is 1.55. The van der Waals surface area contributed by atoms with E-state index in [1.165, 1.54) is 0 Å². The first-order valence-electron chi connectivity index (χ1n) is 9.23. The lowest BCUT2D eigenvalue weighted by Crippen LogP contribution is -2.43. The van der Waals surface area contributed by atoms with Gasteiger partial charge in [-0.05, 0) is 56.9 Å². The van der Waals surface area contributed by atoms with Crippen LogP contribution in [0.1, 0.15) is 39.9 Å². The minimum atomic E-state index is -3.60. The third kappa shape index (κ3) is 4.06. The number of nitrogens with one attached hydrogen (secondary N) is 1. The minimum absolute atomic E-state index is 0.178. The highest BCUT2D eigenvalue weighted by Gasteiger charge is 2.36. The molecule has 0 radical (unpaired) electrons. The van der Waals surface area contributed by atoms with Crippen LogP contribution in [0, 0.1) is 20.8 Å². The number of carbonyl (C=O) groups excluding carboxylic acids is 1. The third-order valence-electron chi connectivity index (χ3n) is 5.03. The molecule has 1 fully saturated rings. The van der Waals surface area contributed by atoms with Crippen LogP contribution in [0.5, 0.6) is 0 Å². The van der Waals surface area contributed by atoms with Crippen LogP contribution < -0.4 is 5.32 Å². The molecular formula is C21H26N2O3S. The van der Waals surface area contributed by atoms with Crippen molar-refractivity contribution in [3.05, 3.63) is 64.7 Å². The third-order valence-corrected chi connectivity index (χ3v) is 7.29. The zero-order valence-corrected chi connectivity index (χ0v) is 16.8. The van der Waals surface area contributed by atoms with Crippen LogP contribution in [-0.4, -0.2) is 37.8 Å². The smallest absolute Gasteiger partial charge is 0.251 e. The second-order valence-electron chi connectivity index (χ2n) is 7.22. The van der Waals surface area contributed by atoms with Crippen molar-refractivity contribution in [2.75, 3.05) is 13.1 Å². The average molecular weight is 387 g/mol. The van der Waals surface area contributed by atoms with Crippen LogP contribution in [0.15, 0.2) is 47.4 Å². The molecule has 0 saturated carbocycles. The maximum atomic E-state index is 13.3. The van der Waals surface area contributed by atoms with Gasteiger partial charge in [0.05, 0.1) is 4.90 Å². The van der Waals surface area contributed by atoms with Gasteiger partial charge in [-0.3, -0.25) is 4.79 Å². The summed E-state index contributed by atoms with van der Waals surface area (Å²) >= 11 is 0. The van der Waals surface area contributed by atoms with Crippen molar-refractivity contribution in [2.45, 2.75) is 44.6 Å². The van der Waals surface area contributed by atoms with E-state index >= 15 is 0 Å². The molecule has 0 aromatic heterocycles. The van der Waals surface area contributed by atoms with E-state index in [0.29, 0.717) is 23.5 Å². The van der Waals surface area contributed by atoms with Gasteiger partial charge in [0.2, 0.25) is 10.0 Å². The van der Waals surface area contributed by atoms with Gasteiger partial charge in [0.15, 0.2) is 0 Å². The summed E-state index contributed by atoms with van der Waals surface area (Å²) in [6.45, 7) is 6.45. The molecular weight excluding hydrogens is 360 g/mol. The van der Waals surface area contributed by atoms with Crippen LogP contribution in [-0.2, 0) is 10.0 Å². The lowest BCUT2D eigenvalue weighted by Gasteiger charge is -2.26. The SMILES string of the molecule is Cc1cc(C)c(S(=O)(=O)N2CCC[C@H]2CNC(=O)c2ccccc2)c(C)c1. The first-order chi connectivity index (χ1) is 12.8. The topological polar surface area (TPSA) is 66.5 Å². The highest BCUT2D eigenvalue weighted by atomic mass is 32.2. The van der Waals surface area contributed by atoms with Crippen LogP contribution in [0.25, 0.3) is 0 Å². The summed E-state index contributed by atoms with van der Waals surface area (Å²) in [5.74, 6) is -0.178. The van der Waals surface area contributed by atoms with Crippen molar-refractivity contribution < 1.29 is 13.2 Å². The normalized spacial score (nSPS) is 17.8. The second kappa shape index (κ2) is 7.82. The molecule has 0 aliphatic carbocycles. The van der Waals surface area contributed by atoms with Gasteiger partial charge in [0.1, 0.15) is 0 Å². The van der Waals surface area contributed by atoms with Crippen molar-refractivity contribution in [3.63, 3.8) is 0 Å². The number of sulfonamides is 1. The van der Waals surface area contributed by atoms with Gasteiger partial charge >= 0.3 is 0 Å². The van der Waals surface area contributed by atoms with E-state index in [2.05, 4.69) is 5.32 Å². The molecule has 1 amide bonds. The standard InChI is InChI=1S/C21H26N2O3S/c1-15-12-16(2)20(17(3)13-15)27(25,26)23-11-7-10-19(23)14-22-21(24)18-8-5-4-6-9-18/h4-6,8-9,12-13,19H,7,10-11,14H2,1-3H3,(H,22,24)/t19-/m0/s1. The molecule has 2 aromatic rings. The van der Waals surface area contributed by atoms with E-state index < -0.39 is 10.0 Å². The molecule has 3 rings (SSSR count). The molecule has 1 N–H and O–H groups in total. The van der Waals surface area contributed by atoms with Crippen LogP contribution in [0.3, 0.4) is 0 Å². The highest BCUT2D eigenvalue weighted by molar-refractivity contribution is 7.89. The predicted molar refractivity (Wildman–Crippen MR) is 106 cm³/mol. The number of hydrogen-bond donors (Lipinski definition) is 1. The van der Waals surface area contributed by atoms with Gasteiger partial charge in [-0.25, -0.2) is 8.42 Å². The summed E-state index contributed by atoms with van der Waals surface area (Å²) in [7, 11) is -3.60. The van der Waals surface area contributed by atoms with Crippen molar-refractivity contribution in [3.8, 4) is 0 Å². The molecule has 0 bridgehead atoms. The lowest BCUT2D eigenvalue weighted by atomic mass is 10.1. The molecule has 144 valence electrons. The van der Waals surface area contributed by atoms with E-state index in [4.69, 9.17) is 0 Å². The van der Waals surface area contributed by atoms with Crippen molar-refractivity contribution in [1.82, 2.24) is 9.62 Å². The number of carbonyl (C=O) groups is 1. The molecule has 2 aromatic carbocycles. The highest BCUT2D eigenvalue weighted by Crippen LogP contribution is 2.30. The zero-order chi connectivity index (χ0) is 19.6. The van der Waals surface area contributed by atoms with Crippen molar-refractivity contribution in [2.24, 2.45) is 0 Å². The number of amides is 1. The number of aryl methyl sites for hydroxylation is 3. The first kappa shape index (κ1) is 19.6. The predicted octanol–water partition coefficient (Wildman–Crippen LogP) is 3.19. The minimum Gasteiger partial charge on any atom is -0.350 e. The largest absolute Gasteiger partial charge is 0.350 e. The van der Waals surface area contributed by atoms with E-state index in [0.717, 1.165) is 29.5 Å². The number of hydrogen-bond acceptors (Lipinski definition) is 3. The Bertz CT molecular complexity index is 916. The van der Waals surface area contributed by atoms with Crippen LogP contribution in [0.2, 0.25) is 0 Å². The van der Waals surface area contributed by atoms with Gasteiger partial charge in [0, 0.05) is 24.7 Å². The van der Waals surface area contributed by atoms with Gasteiger partial charge < -0.3 is 5.32 Å². The molecule has 6 heteroatoms. The summed E-state index contributed by atoms with van der Waals surface area (Å²) < 4.78 is 28.2. The van der Waals surface area contributed by atoms with E-state index in [9.17, 15) is 13.2 Å². The Hall–Kier alpha value is -2.18. The maximum Gasteiger partial charge on any atom is 0.251 e. The molecule has 1 saturated heterocycles. The number of rotatable bonds is 5. The Morgan fingerprint density at radius 3 is 2.37 bits per heavy atom. The zero-order valence-electron chi connectivity index (χ0n) is 16.0. The fourth-order valence-corrected chi connectivity index (χ4v) is 6.03. The number of benzene rings is 2. The van der Waals surface area contributed by atoms with Crippen molar-refractivity contribution in [1.29, 1.82) is 0 Å². The quantitative estimate of drug-likeness (QED) is 0.858. The Morgan fingerprint density at radius 1 is 1.11 bits per heavy atom. The summed E-state index contributed by atoms with van der Waals surface area (Å²) in [6, 6.07) is 12.6.